The van der Waals surface area contributed by atoms with Gasteiger partial charge < -0.3 is 10.2 Å². The summed E-state index contributed by atoms with van der Waals surface area (Å²) < 4.78 is 43.0. The average Bonchev–Trinajstić information content (AvgIpc) is 2.47. The number of halogens is 3. The number of hydrogen-bond acceptors (Lipinski definition) is 3. The molecule has 0 aliphatic carbocycles. The van der Waals surface area contributed by atoms with Gasteiger partial charge >= 0.3 is 6.18 Å². The fourth-order valence-electron chi connectivity index (χ4n) is 1.85. The molecule has 6 heteroatoms. The van der Waals surface area contributed by atoms with Crippen molar-refractivity contribution in [1.82, 2.24) is 5.43 Å². The largest absolute Gasteiger partial charge is 0.496 e. The summed E-state index contributed by atoms with van der Waals surface area (Å²) >= 11 is 0. The van der Waals surface area contributed by atoms with Crippen LogP contribution < -0.4 is 15.6 Å². The molecule has 0 radical (unpaired) electrons. The van der Waals surface area contributed by atoms with Crippen molar-refractivity contribution < 1.29 is 17.9 Å². The van der Waals surface area contributed by atoms with Gasteiger partial charge in [-0.1, -0.05) is 24.3 Å². The van der Waals surface area contributed by atoms with Crippen molar-refractivity contribution in [2.75, 3.05) is 12.5 Å². The van der Waals surface area contributed by atoms with E-state index in [4.69, 9.17) is 4.74 Å². The normalized spacial score (nSPS) is 11.2. The lowest BCUT2D eigenvalue weighted by molar-refractivity contribution is -0.138. The standard InChI is InChI=1S/C15H15F3N2O/c1-21-14-9-11(7-8-13(14)15(16,17)18)10-19-20-12-5-3-2-4-6-12/h2-9,19-20H,10H2,1H3. The van der Waals surface area contributed by atoms with Crippen LogP contribution in [0.4, 0.5) is 18.9 Å². The molecule has 0 spiro atoms. The fourth-order valence-corrected chi connectivity index (χ4v) is 1.85. The van der Waals surface area contributed by atoms with E-state index in [2.05, 4.69) is 10.9 Å². The molecule has 0 heterocycles. The van der Waals surface area contributed by atoms with E-state index in [9.17, 15) is 13.2 Å². The van der Waals surface area contributed by atoms with Gasteiger partial charge in [-0.2, -0.15) is 13.2 Å². The molecule has 2 aromatic carbocycles. The van der Waals surface area contributed by atoms with Gasteiger partial charge in [0.25, 0.3) is 0 Å². The van der Waals surface area contributed by atoms with Gasteiger partial charge in [0.2, 0.25) is 0 Å². The number of alkyl halides is 3. The van der Waals surface area contributed by atoms with Crippen LogP contribution in [0.5, 0.6) is 5.75 Å². The number of rotatable bonds is 5. The summed E-state index contributed by atoms with van der Waals surface area (Å²) in [5.74, 6) is -0.179. The molecule has 0 aliphatic rings. The van der Waals surface area contributed by atoms with Crippen LogP contribution in [0.25, 0.3) is 0 Å². The molecule has 2 N–H and O–H groups in total. The molecule has 0 amide bonds. The number of benzene rings is 2. The summed E-state index contributed by atoms with van der Waals surface area (Å²) in [4.78, 5) is 0. The zero-order valence-corrected chi connectivity index (χ0v) is 11.4. The minimum absolute atomic E-state index is 0.179. The first-order valence-corrected chi connectivity index (χ1v) is 6.29. The Morgan fingerprint density at radius 1 is 1.05 bits per heavy atom. The predicted molar refractivity (Wildman–Crippen MR) is 74.9 cm³/mol. The van der Waals surface area contributed by atoms with Crippen LogP contribution in [0.1, 0.15) is 11.1 Å². The monoisotopic (exact) mass is 296 g/mol. The van der Waals surface area contributed by atoms with Crippen LogP contribution in [0.3, 0.4) is 0 Å². The lowest BCUT2D eigenvalue weighted by Crippen LogP contribution is -2.21. The molecule has 0 bridgehead atoms. The second-order valence-corrected chi connectivity index (χ2v) is 4.38. The summed E-state index contributed by atoms with van der Waals surface area (Å²) in [6.45, 7) is 0.364. The first-order chi connectivity index (χ1) is 10.0. The predicted octanol–water partition coefficient (Wildman–Crippen LogP) is 3.83. The third-order valence-corrected chi connectivity index (χ3v) is 2.87. The van der Waals surface area contributed by atoms with Gasteiger partial charge in [0.15, 0.2) is 0 Å². The highest BCUT2D eigenvalue weighted by Gasteiger charge is 2.34. The van der Waals surface area contributed by atoms with Crippen LogP contribution in [-0.2, 0) is 12.7 Å². The van der Waals surface area contributed by atoms with E-state index in [1.165, 1.54) is 19.2 Å². The Morgan fingerprint density at radius 2 is 1.76 bits per heavy atom. The minimum Gasteiger partial charge on any atom is -0.496 e. The molecule has 0 atom stereocenters. The first-order valence-electron chi connectivity index (χ1n) is 6.29. The highest BCUT2D eigenvalue weighted by atomic mass is 19.4. The van der Waals surface area contributed by atoms with Crippen molar-refractivity contribution in [3.63, 3.8) is 0 Å². The minimum atomic E-state index is -4.42. The molecular weight excluding hydrogens is 281 g/mol. The lowest BCUT2D eigenvalue weighted by atomic mass is 10.1. The van der Waals surface area contributed by atoms with E-state index in [-0.39, 0.29) is 5.75 Å². The van der Waals surface area contributed by atoms with Crippen molar-refractivity contribution in [2.24, 2.45) is 0 Å². The maximum absolute atomic E-state index is 12.7. The third kappa shape index (κ3) is 4.13. The second-order valence-electron chi connectivity index (χ2n) is 4.38. The molecular formula is C15H15F3N2O. The van der Waals surface area contributed by atoms with Gasteiger partial charge in [-0.3, -0.25) is 0 Å². The van der Waals surface area contributed by atoms with Gasteiger partial charge in [-0.05, 0) is 29.8 Å². The lowest BCUT2D eigenvalue weighted by Gasteiger charge is -2.14. The van der Waals surface area contributed by atoms with Gasteiger partial charge in [0.1, 0.15) is 5.75 Å². The van der Waals surface area contributed by atoms with Crippen LogP contribution in [0.15, 0.2) is 48.5 Å². The molecule has 0 aliphatic heterocycles. The van der Waals surface area contributed by atoms with E-state index in [1.807, 2.05) is 30.3 Å². The zero-order valence-electron chi connectivity index (χ0n) is 11.4. The summed E-state index contributed by atoms with van der Waals surface area (Å²) in [6.07, 6.45) is -4.42. The third-order valence-electron chi connectivity index (χ3n) is 2.87. The quantitative estimate of drug-likeness (QED) is 0.823. The number of para-hydroxylation sites is 1. The number of hydrogen-bond donors (Lipinski definition) is 2. The number of hydrazine groups is 1. The smallest absolute Gasteiger partial charge is 0.419 e. The van der Waals surface area contributed by atoms with Gasteiger partial charge in [0, 0.05) is 12.2 Å². The molecule has 0 aromatic heterocycles. The molecule has 0 saturated heterocycles. The first kappa shape index (κ1) is 15.2. The molecule has 0 unspecified atom stereocenters. The molecule has 21 heavy (non-hydrogen) atoms. The topological polar surface area (TPSA) is 33.3 Å². The Morgan fingerprint density at radius 3 is 2.38 bits per heavy atom. The van der Waals surface area contributed by atoms with Gasteiger partial charge in [-0.15, -0.1) is 0 Å². The van der Waals surface area contributed by atoms with E-state index in [0.717, 1.165) is 11.8 Å². The van der Waals surface area contributed by atoms with Crippen molar-refractivity contribution in [2.45, 2.75) is 12.7 Å². The van der Waals surface area contributed by atoms with Crippen LogP contribution in [0.2, 0.25) is 0 Å². The SMILES string of the molecule is COc1cc(CNNc2ccccc2)ccc1C(F)(F)F. The molecule has 0 fully saturated rings. The Hall–Kier alpha value is -2.21. The molecule has 3 nitrogen and oxygen atoms in total. The van der Waals surface area contributed by atoms with E-state index >= 15 is 0 Å². The number of methoxy groups -OCH3 is 1. The Bertz CT molecular complexity index is 585. The van der Waals surface area contributed by atoms with E-state index < -0.39 is 11.7 Å². The van der Waals surface area contributed by atoms with Crippen LogP contribution >= 0.6 is 0 Å². The molecule has 0 saturated carbocycles. The summed E-state index contributed by atoms with van der Waals surface area (Å²) in [5.41, 5.74) is 6.68. The maximum Gasteiger partial charge on any atom is 0.419 e. The van der Waals surface area contributed by atoms with Gasteiger partial charge in [-0.25, -0.2) is 5.43 Å². The average molecular weight is 296 g/mol. The highest BCUT2D eigenvalue weighted by Crippen LogP contribution is 2.36. The highest BCUT2D eigenvalue weighted by molar-refractivity contribution is 5.42. The second kappa shape index (κ2) is 6.49. The van der Waals surface area contributed by atoms with E-state index in [0.29, 0.717) is 12.1 Å². The van der Waals surface area contributed by atoms with Crippen molar-refractivity contribution >= 4 is 5.69 Å². The Labute approximate surface area is 120 Å². The Balaban J connectivity index is 2.01. The fraction of sp³-hybridized carbons (Fsp3) is 0.200. The summed E-state index contributed by atoms with van der Waals surface area (Å²) in [5, 5.41) is 0. The van der Waals surface area contributed by atoms with Crippen LogP contribution in [0, 0.1) is 0 Å². The number of nitrogens with one attached hydrogen (secondary N) is 2. The Kier molecular flexibility index (Phi) is 4.70. The molecule has 112 valence electrons. The van der Waals surface area contributed by atoms with Crippen molar-refractivity contribution in [3.8, 4) is 5.75 Å². The number of anilines is 1. The molecule has 2 aromatic rings. The number of ether oxygens (including phenoxy) is 1. The van der Waals surface area contributed by atoms with E-state index in [1.54, 1.807) is 0 Å². The van der Waals surface area contributed by atoms with Crippen molar-refractivity contribution in [3.05, 3.63) is 59.7 Å². The van der Waals surface area contributed by atoms with Gasteiger partial charge in [0.05, 0.1) is 12.7 Å². The zero-order chi connectivity index (χ0) is 15.3. The summed E-state index contributed by atoms with van der Waals surface area (Å²) in [7, 11) is 1.23. The molecule has 2 rings (SSSR count). The van der Waals surface area contributed by atoms with Crippen molar-refractivity contribution in [1.29, 1.82) is 0 Å². The summed E-state index contributed by atoms with van der Waals surface area (Å²) in [6, 6.07) is 13.2. The maximum atomic E-state index is 12.7. The van der Waals surface area contributed by atoms with Crippen LogP contribution in [-0.4, -0.2) is 7.11 Å².